The predicted octanol–water partition coefficient (Wildman–Crippen LogP) is 2.25. The summed E-state index contributed by atoms with van der Waals surface area (Å²) in [6, 6.07) is 2.31. The third kappa shape index (κ3) is 3.29. The number of phenolic OH excluding ortho intramolecular Hbond substituents is 1. The highest BCUT2D eigenvalue weighted by atomic mass is 19.4. The molecule has 0 aliphatic carbocycles. The van der Waals surface area contributed by atoms with Crippen LogP contribution >= 0.6 is 0 Å². The van der Waals surface area contributed by atoms with Gasteiger partial charge in [0.25, 0.3) is 5.91 Å². The molecule has 7 heteroatoms. The Balaban J connectivity index is 2.17. The number of carbonyl (C=O) groups is 1. The third-order valence-electron chi connectivity index (χ3n) is 3.75. The van der Waals surface area contributed by atoms with Crippen molar-refractivity contribution in [3.8, 4) is 5.75 Å². The number of aliphatic hydroxyl groups is 1. The fraction of sp³-hybridized carbons (Fsp3) is 0.500. The number of amides is 1. The largest absolute Gasteiger partial charge is 0.507 e. The molecule has 0 saturated carbocycles. The molecular formula is C14H16F3NO3. The summed E-state index contributed by atoms with van der Waals surface area (Å²) in [5.41, 5.74) is -1.16. The minimum atomic E-state index is -4.57. The minimum absolute atomic E-state index is 0.0504. The highest BCUT2D eigenvalue weighted by molar-refractivity contribution is 5.97. The number of alkyl halides is 3. The number of hydrogen-bond donors (Lipinski definition) is 2. The van der Waals surface area contributed by atoms with Gasteiger partial charge in [0.2, 0.25) is 0 Å². The second-order valence-electron chi connectivity index (χ2n) is 5.27. The molecule has 21 heavy (non-hydrogen) atoms. The van der Waals surface area contributed by atoms with Gasteiger partial charge in [-0.15, -0.1) is 0 Å². The molecule has 4 nitrogen and oxygen atoms in total. The van der Waals surface area contributed by atoms with Crippen LogP contribution in [0.1, 0.15) is 29.3 Å². The molecule has 2 unspecified atom stereocenters. The minimum Gasteiger partial charge on any atom is -0.507 e. The van der Waals surface area contributed by atoms with Crippen LogP contribution in [0.15, 0.2) is 18.2 Å². The Morgan fingerprint density at radius 3 is 2.57 bits per heavy atom. The van der Waals surface area contributed by atoms with E-state index >= 15 is 0 Å². The van der Waals surface area contributed by atoms with Gasteiger partial charge in [0, 0.05) is 19.0 Å². The van der Waals surface area contributed by atoms with Crippen LogP contribution in [-0.4, -0.2) is 40.2 Å². The molecule has 2 atom stereocenters. The summed E-state index contributed by atoms with van der Waals surface area (Å²) in [5.74, 6) is -1.26. The Morgan fingerprint density at radius 1 is 1.43 bits per heavy atom. The van der Waals surface area contributed by atoms with Crippen molar-refractivity contribution in [2.24, 2.45) is 5.92 Å². The molecule has 0 radical (unpaired) electrons. The van der Waals surface area contributed by atoms with Crippen LogP contribution in [0.5, 0.6) is 5.75 Å². The van der Waals surface area contributed by atoms with E-state index < -0.39 is 29.5 Å². The van der Waals surface area contributed by atoms with Gasteiger partial charge in [0.1, 0.15) is 5.75 Å². The fourth-order valence-corrected chi connectivity index (χ4v) is 2.42. The van der Waals surface area contributed by atoms with Gasteiger partial charge < -0.3 is 15.1 Å². The van der Waals surface area contributed by atoms with Crippen molar-refractivity contribution in [3.05, 3.63) is 29.3 Å². The number of carbonyl (C=O) groups excluding carboxylic acids is 1. The van der Waals surface area contributed by atoms with Crippen LogP contribution in [0.2, 0.25) is 0 Å². The first-order valence-electron chi connectivity index (χ1n) is 6.57. The van der Waals surface area contributed by atoms with E-state index in [1.165, 1.54) is 4.90 Å². The Bertz CT molecular complexity index is 543. The lowest BCUT2D eigenvalue weighted by atomic mass is 10.0. The lowest BCUT2D eigenvalue weighted by molar-refractivity contribution is -0.137. The van der Waals surface area contributed by atoms with Crippen molar-refractivity contribution in [1.82, 2.24) is 4.90 Å². The number of rotatable bonds is 2. The number of hydrogen-bond acceptors (Lipinski definition) is 3. The normalized spacial score (nSPS) is 20.6. The maximum absolute atomic E-state index is 12.5. The number of benzene rings is 1. The molecule has 1 fully saturated rings. The summed E-state index contributed by atoms with van der Waals surface area (Å²) in [7, 11) is 0. The van der Waals surface area contributed by atoms with E-state index in [2.05, 4.69) is 0 Å². The van der Waals surface area contributed by atoms with E-state index in [-0.39, 0.29) is 11.5 Å². The van der Waals surface area contributed by atoms with Gasteiger partial charge in [0.05, 0.1) is 17.2 Å². The maximum Gasteiger partial charge on any atom is 0.416 e. The van der Waals surface area contributed by atoms with Crippen molar-refractivity contribution in [3.63, 3.8) is 0 Å². The molecule has 1 saturated heterocycles. The summed E-state index contributed by atoms with van der Waals surface area (Å²) in [5, 5.41) is 19.2. The number of aromatic hydroxyl groups is 1. The summed E-state index contributed by atoms with van der Waals surface area (Å²) >= 11 is 0. The van der Waals surface area contributed by atoms with Gasteiger partial charge >= 0.3 is 6.18 Å². The molecule has 0 spiro atoms. The number of halogens is 3. The van der Waals surface area contributed by atoms with Gasteiger partial charge in [0.15, 0.2) is 0 Å². The predicted molar refractivity (Wildman–Crippen MR) is 68.8 cm³/mol. The van der Waals surface area contributed by atoms with E-state index in [0.717, 1.165) is 12.1 Å². The van der Waals surface area contributed by atoms with Crippen molar-refractivity contribution in [2.45, 2.75) is 25.6 Å². The van der Waals surface area contributed by atoms with Crippen molar-refractivity contribution in [2.75, 3.05) is 13.1 Å². The van der Waals surface area contributed by atoms with Gasteiger partial charge in [-0.3, -0.25) is 4.79 Å². The zero-order valence-corrected chi connectivity index (χ0v) is 11.4. The van der Waals surface area contributed by atoms with Gasteiger partial charge in [-0.1, -0.05) is 0 Å². The molecule has 1 aromatic carbocycles. The van der Waals surface area contributed by atoms with E-state index in [9.17, 15) is 28.2 Å². The second-order valence-corrected chi connectivity index (χ2v) is 5.27. The van der Waals surface area contributed by atoms with E-state index in [4.69, 9.17) is 0 Å². The van der Waals surface area contributed by atoms with E-state index in [0.29, 0.717) is 25.6 Å². The Labute approximate surface area is 119 Å². The highest BCUT2D eigenvalue weighted by Gasteiger charge is 2.33. The SMILES string of the molecule is CC(O)C1CCN(C(=O)c2ccc(C(F)(F)F)cc2O)C1. The molecule has 0 bridgehead atoms. The van der Waals surface area contributed by atoms with Crippen LogP contribution in [-0.2, 0) is 6.18 Å². The average molecular weight is 303 g/mol. The Kier molecular flexibility index (Phi) is 4.13. The average Bonchev–Trinajstić information content (AvgIpc) is 2.86. The summed E-state index contributed by atoms with van der Waals surface area (Å²) in [6.45, 7) is 2.38. The van der Waals surface area contributed by atoms with Gasteiger partial charge in [-0.2, -0.15) is 13.2 Å². The number of likely N-dealkylation sites (tertiary alicyclic amines) is 1. The quantitative estimate of drug-likeness (QED) is 0.881. The fourth-order valence-electron chi connectivity index (χ4n) is 2.42. The van der Waals surface area contributed by atoms with E-state index in [1.54, 1.807) is 6.92 Å². The van der Waals surface area contributed by atoms with Gasteiger partial charge in [-0.05, 0) is 31.5 Å². The number of nitrogens with zero attached hydrogens (tertiary/aromatic N) is 1. The molecule has 1 aromatic rings. The van der Waals surface area contributed by atoms with E-state index in [1.807, 2.05) is 0 Å². The monoisotopic (exact) mass is 303 g/mol. The van der Waals surface area contributed by atoms with Crippen molar-refractivity contribution < 1.29 is 28.2 Å². The highest BCUT2D eigenvalue weighted by Crippen LogP contribution is 2.33. The van der Waals surface area contributed by atoms with Crippen LogP contribution in [0.4, 0.5) is 13.2 Å². The molecule has 1 aliphatic rings. The summed E-state index contributed by atoms with van der Waals surface area (Å²) in [6.07, 6.45) is -4.49. The molecule has 116 valence electrons. The molecule has 1 heterocycles. The third-order valence-corrected chi connectivity index (χ3v) is 3.75. The van der Waals surface area contributed by atoms with Crippen LogP contribution in [0.3, 0.4) is 0 Å². The molecule has 1 amide bonds. The lowest BCUT2D eigenvalue weighted by Gasteiger charge is -2.18. The zero-order chi connectivity index (χ0) is 15.8. The molecule has 2 N–H and O–H groups in total. The van der Waals surface area contributed by atoms with Gasteiger partial charge in [-0.25, -0.2) is 0 Å². The Hall–Kier alpha value is -1.76. The summed E-state index contributed by atoms with van der Waals surface area (Å²) < 4.78 is 37.5. The maximum atomic E-state index is 12.5. The standard InChI is InChI=1S/C14H16F3NO3/c1-8(19)9-4-5-18(7-9)13(21)11-3-2-10(6-12(11)20)14(15,16)17/h2-3,6,8-9,19-20H,4-5,7H2,1H3. The van der Waals surface area contributed by atoms with Crippen molar-refractivity contribution >= 4 is 5.91 Å². The first-order valence-corrected chi connectivity index (χ1v) is 6.57. The summed E-state index contributed by atoms with van der Waals surface area (Å²) in [4.78, 5) is 13.6. The topological polar surface area (TPSA) is 60.8 Å². The molecule has 2 rings (SSSR count). The lowest BCUT2D eigenvalue weighted by Crippen LogP contribution is -2.30. The van der Waals surface area contributed by atoms with Crippen LogP contribution < -0.4 is 0 Å². The first-order chi connectivity index (χ1) is 9.70. The van der Waals surface area contributed by atoms with Crippen LogP contribution in [0.25, 0.3) is 0 Å². The number of aliphatic hydroxyl groups excluding tert-OH is 1. The molecular weight excluding hydrogens is 287 g/mol. The molecule has 1 aliphatic heterocycles. The molecule has 0 aromatic heterocycles. The number of phenols is 1. The first kappa shape index (κ1) is 15.6. The van der Waals surface area contributed by atoms with Crippen LogP contribution in [0, 0.1) is 5.92 Å². The Morgan fingerprint density at radius 2 is 2.10 bits per heavy atom. The smallest absolute Gasteiger partial charge is 0.416 e. The zero-order valence-electron chi connectivity index (χ0n) is 11.4. The second kappa shape index (κ2) is 5.55. The van der Waals surface area contributed by atoms with Crippen molar-refractivity contribution in [1.29, 1.82) is 0 Å².